The molecule has 0 aliphatic rings. The van der Waals surface area contributed by atoms with Gasteiger partial charge >= 0.3 is 0 Å². The smallest absolute Gasteiger partial charge is 0.170 e. The van der Waals surface area contributed by atoms with Crippen molar-refractivity contribution in [2.24, 2.45) is 0 Å². The topological polar surface area (TPSA) is 33.3 Å². The summed E-state index contributed by atoms with van der Waals surface area (Å²) >= 11 is 7.17. The molecule has 0 spiro atoms. The van der Waals surface area contributed by atoms with Crippen molar-refractivity contribution in [3.05, 3.63) is 54.1 Å². The van der Waals surface area contributed by atoms with Crippen molar-refractivity contribution in [3.8, 4) is 5.75 Å². The Labute approximate surface area is 154 Å². The lowest BCUT2D eigenvalue weighted by Gasteiger charge is -2.11. The Balaban J connectivity index is 1.61. The van der Waals surface area contributed by atoms with Gasteiger partial charge in [-0.15, -0.1) is 11.8 Å². The van der Waals surface area contributed by atoms with Gasteiger partial charge < -0.3 is 15.4 Å². The molecule has 2 N–H and O–H groups in total. The van der Waals surface area contributed by atoms with Gasteiger partial charge in [0.05, 0.1) is 7.11 Å². The summed E-state index contributed by atoms with van der Waals surface area (Å²) in [7, 11) is 1.68. The molecule has 0 aliphatic heterocycles. The van der Waals surface area contributed by atoms with Gasteiger partial charge in [0.1, 0.15) is 5.75 Å². The maximum absolute atomic E-state index is 5.33. The number of rotatable bonds is 8. The predicted octanol–water partition coefficient (Wildman–Crippen LogP) is 4.73. The fourth-order valence-corrected chi connectivity index (χ4v) is 3.21. The maximum Gasteiger partial charge on any atom is 0.170 e. The zero-order chi connectivity index (χ0) is 17.2. The first-order valence-electron chi connectivity index (χ1n) is 8.12. The van der Waals surface area contributed by atoms with Gasteiger partial charge in [-0.05, 0) is 72.8 Å². The SMILES string of the molecule is CCc1ccc(NC(=S)NCCCSc2ccc(OC)cc2)cc1. The van der Waals surface area contributed by atoms with Crippen molar-refractivity contribution in [2.75, 3.05) is 24.7 Å². The van der Waals surface area contributed by atoms with E-state index in [0.29, 0.717) is 5.11 Å². The third kappa shape index (κ3) is 6.42. The van der Waals surface area contributed by atoms with Crippen molar-refractivity contribution in [1.29, 1.82) is 0 Å². The molecular formula is C19H24N2OS2. The molecule has 0 bridgehead atoms. The molecule has 128 valence electrons. The standard InChI is InChI=1S/C19H24N2OS2/c1-3-15-5-7-16(8-6-15)21-19(23)20-13-4-14-24-18-11-9-17(22-2)10-12-18/h5-12H,3-4,13-14H2,1-2H3,(H2,20,21,23). The first-order chi connectivity index (χ1) is 11.7. The van der Waals surface area contributed by atoms with Crippen LogP contribution in [-0.2, 0) is 6.42 Å². The number of benzene rings is 2. The molecule has 2 aromatic rings. The minimum absolute atomic E-state index is 0.675. The number of ether oxygens (including phenoxy) is 1. The first-order valence-corrected chi connectivity index (χ1v) is 9.51. The molecular weight excluding hydrogens is 336 g/mol. The monoisotopic (exact) mass is 360 g/mol. The number of thioether (sulfide) groups is 1. The van der Waals surface area contributed by atoms with Crippen molar-refractivity contribution in [2.45, 2.75) is 24.7 Å². The van der Waals surface area contributed by atoms with E-state index in [1.54, 1.807) is 7.11 Å². The van der Waals surface area contributed by atoms with Crippen LogP contribution in [0.15, 0.2) is 53.4 Å². The second kappa shape index (κ2) is 10.2. The van der Waals surface area contributed by atoms with Crippen LogP contribution < -0.4 is 15.4 Å². The van der Waals surface area contributed by atoms with Crippen LogP contribution in [0.1, 0.15) is 18.9 Å². The van der Waals surface area contributed by atoms with Crippen LogP contribution in [0.3, 0.4) is 0 Å². The third-order valence-corrected chi connectivity index (χ3v) is 4.90. The molecule has 0 unspecified atom stereocenters. The lowest BCUT2D eigenvalue weighted by atomic mass is 10.1. The van der Waals surface area contributed by atoms with Crippen LogP contribution in [-0.4, -0.2) is 24.5 Å². The highest BCUT2D eigenvalue weighted by molar-refractivity contribution is 7.99. The molecule has 0 heterocycles. The second-order valence-corrected chi connectivity index (χ2v) is 6.89. The van der Waals surface area contributed by atoms with E-state index in [2.05, 4.69) is 54.0 Å². The quantitative estimate of drug-likeness (QED) is 0.404. The highest BCUT2D eigenvalue weighted by atomic mass is 32.2. The fourth-order valence-electron chi connectivity index (χ4n) is 2.14. The Morgan fingerprint density at radius 2 is 1.79 bits per heavy atom. The summed E-state index contributed by atoms with van der Waals surface area (Å²) in [6.45, 7) is 3.01. The molecule has 0 atom stereocenters. The van der Waals surface area contributed by atoms with Gasteiger partial charge in [0.2, 0.25) is 0 Å². The third-order valence-electron chi connectivity index (χ3n) is 3.55. The number of anilines is 1. The molecule has 0 aliphatic carbocycles. The summed E-state index contributed by atoms with van der Waals surface area (Å²) in [5.74, 6) is 1.94. The molecule has 0 saturated heterocycles. The van der Waals surface area contributed by atoms with Crippen molar-refractivity contribution < 1.29 is 4.74 Å². The summed E-state index contributed by atoms with van der Waals surface area (Å²) < 4.78 is 5.16. The maximum atomic E-state index is 5.33. The predicted molar refractivity (Wildman–Crippen MR) is 108 cm³/mol. The van der Waals surface area contributed by atoms with Crippen LogP contribution in [0.5, 0.6) is 5.75 Å². The summed E-state index contributed by atoms with van der Waals surface area (Å²) in [6, 6.07) is 16.5. The number of hydrogen-bond acceptors (Lipinski definition) is 3. The van der Waals surface area contributed by atoms with Crippen molar-refractivity contribution in [1.82, 2.24) is 5.32 Å². The molecule has 5 heteroatoms. The fraction of sp³-hybridized carbons (Fsp3) is 0.316. The molecule has 24 heavy (non-hydrogen) atoms. The second-order valence-electron chi connectivity index (χ2n) is 5.31. The highest BCUT2D eigenvalue weighted by Gasteiger charge is 1.99. The molecule has 0 radical (unpaired) electrons. The Hall–Kier alpha value is -1.72. The number of hydrogen-bond donors (Lipinski definition) is 2. The Kier molecular flexibility index (Phi) is 7.92. The summed E-state index contributed by atoms with van der Waals surface area (Å²) in [6.07, 6.45) is 2.10. The van der Waals surface area contributed by atoms with E-state index in [1.807, 2.05) is 23.9 Å². The summed E-state index contributed by atoms with van der Waals surface area (Å²) in [5.41, 5.74) is 2.35. The molecule has 0 aromatic heterocycles. The molecule has 2 aromatic carbocycles. The minimum Gasteiger partial charge on any atom is -0.497 e. The highest BCUT2D eigenvalue weighted by Crippen LogP contribution is 2.21. The molecule has 3 nitrogen and oxygen atoms in total. The summed E-state index contributed by atoms with van der Waals surface area (Å²) in [5, 5.41) is 7.14. The van der Waals surface area contributed by atoms with E-state index in [-0.39, 0.29) is 0 Å². The van der Waals surface area contributed by atoms with E-state index in [0.717, 1.165) is 36.6 Å². The van der Waals surface area contributed by atoms with Gasteiger partial charge in [-0.2, -0.15) is 0 Å². The minimum atomic E-state index is 0.675. The van der Waals surface area contributed by atoms with Gasteiger partial charge in [-0.3, -0.25) is 0 Å². The number of aryl methyl sites for hydroxylation is 1. The van der Waals surface area contributed by atoms with Gasteiger partial charge in [-0.25, -0.2) is 0 Å². The zero-order valence-electron chi connectivity index (χ0n) is 14.2. The van der Waals surface area contributed by atoms with Crippen LogP contribution in [0, 0.1) is 0 Å². The van der Waals surface area contributed by atoms with Crippen LogP contribution in [0.2, 0.25) is 0 Å². The average molecular weight is 361 g/mol. The Morgan fingerprint density at radius 3 is 2.42 bits per heavy atom. The molecule has 0 saturated carbocycles. The van der Waals surface area contributed by atoms with Crippen LogP contribution >= 0.6 is 24.0 Å². The van der Waals surface area contributed by atoms with Gasteiger partial charge in [-0.1, -0.05) is 19.1 Å². The van der Waals surface area contributed by atoms with E-state index in [9.17, 15) is 0 Å². The molecule has 0 fully saturated rings. The number of nitrogens with one attached hydrogen (secondary N) is 2. The molecule has 2 rings (SSSR count). The van der Waals surface area contributed by atoms with Gasteiger partial charge in [0, 0.05) is 17.1 Å². The average Bonchev–Trinajstić information content (AvgIpc) is 2.62. The number of methoxy groups -OCH3 is 1. The van der Waals surface area contributed by atoms with Crippen molar-refractivity contribution in [3.63, 3.8) is 0 Å². The zero-order valence-corrected chi connectivity index (χ0v) is 15.8. The first kappa shape index (κ1) is 18.6. The Morgan fingerprint density at radius 1 is 1.08 bits per heavy atom. The van der Waals surface area contributed by atoms with E-state index in [4.69, 9.17) is 17.0 Å². The largest absolute Gasteiger partial charge is 0.497 e. The van der Waals surface area contributed by atoms with Crippen LogP contribution in [0.25, 0.3) is 0 Å². The van der Waals surface area contributed by atoms with Crippen molar-refractivity contribution >= 4 is 34.8 Å². The molecule has 0 amide bonds. The lowest BCUT2D eigenvalue weighted by Crippen LogP contribution is -2.29. The number of thiocarbonyl (C=S) groups is 1. The van der Waals surface area contributed by atoms with Crippen LogP contribution in [0.4, 0.5) is 5.69 Å². The Bertz CT molecular complexity index is 627. The van der Waals surface area contributed by atoms with E-state index >= 15 is 0 Å². The van der Waals surface area contributed by atoms with E-state index < -0.39 is 0 Å². The lowest BCUT2D eigenvalue weighted by molar-refractivity contribution is 0.414. The van der Waals surface area contributed by atoms with Gasteiger partial charge in [0.15, 0.2) is 5.11 Å². The van der Waals surface area contributed by atoms with Gasteiger partial charge in [0.25, 0.3) is 0 Å². The normalized spacial score (nSPS) is 10.2. The van der Waals surface area contributed by atoms with E-state index in [1.165, 1.54) is 10.5 Å². The summed E-state index contributed by atoms with van der Waals surface area (Å²) in [4.78, 5) is 1.26.